The molecule has 4 rings (SSSR count). The highest BCUT2D eigenvalue weighted by molar-refractivity contribution is 6.57. The van der Waals surface area contributed by atoms with E-state index in [1.807, 2.05) is 53.7 Å². The van der Waals surface area contributed by atoms with Gasteiger partial charge in [0.1, 0.15) is 11.5 Å². The van der Waals surface area contributed by atoms with Gasteiger partial charge in [0.05, 0.1) is 5.57 Å². The summed E-state index contributed by atoms with van der Waals surface area (Å²) in [6.45, 7) is 10.6. The zero-order chi connectivity index (χ0) is 26.0. The molecule has 0 aliphatic carbocycles. The molecule has 0 bridgehead atoms. The van der Waals surface area contributed by atoms with Crippen molar-refractivity contribution in [1.29, 1.82) is 0 Å². The third-order valence-electron chi connectivity index (χ3n) is 8.14. The number of allylic oxidation sites excluding steroid dienone is 4. The van der Waals surface area contributed by atoms with Gasteiger partial charge in [0.25, 0.3) is 0 Å². The lowest BCUT2D eigenvalue weighted by atomic mass is 9.77. The van der Waals surface area contributed by atoms with Gasteiger partial charge in [-0.2, -0.15) is 0 Å². The van der Waals surface area contributed by atoms with Gasteiger partial charge in [-0.1, -0.05) is 38.1 Å². The van der Waals surface area contributed by atoms with Gasteiger partial charge in [0.2, 0.25) is 0 Å². The third-order valence-corrected chi connectivity index (χ3v) is 8.14. The molecule has 1 N–H and O–H groups in total. The van der Waals surface area contributed by atoms with Gasteiger partial charge in [0, 0.05) is 35.4 Å². The summed E-state index contributed by atoms with van der Waals surface area (Å²) in [6.07, 6.45) is 1.42. The number of carbonyl (C=O) groups is 1. The molecule has 4 nitrogen and oxygen atoms in total. The van der Waals surface area contributed by atoms with Crippen molar-refractivity contribution in [1.82, 2.24) is 4.81 Å². The maximum Gasteiger partial charge on any atom is 0.728 e. The molecule has 35 heavy (non-hydrogen) atoms. The number of halogens is 2. The molecule has 3 aliphatic rings. The fourth-order valence-electron chi connectivity index (χ4n) is 6.70. The second kappa shape index (κ2) is 8.61. The minimum Gasteiger partial charge on any atom is -0.512 e. The van der Waals surface area contributed by atoms with E-state index < -0.39 is 13.0 Å². The van der Waals surface area contributed by atoms with E-state index in [0.717, 1.165) is 39.8 Å². The molecule has 186 valence electrons. The smallest absolute Gasteiger partial charge is 0.512 e. The summed E-state index contributed by atoms with van der Waals surface area (Å²) in [6, 6.07) is 6.46. The van der Waals surface area contributed by atoms with Crippen LogP contribution in [0.3, 0.4) is 0 Å². The summed E-state index contributed by atoms with van der Waals surface area (Å²) in [5, 5.41) is 10.0. The number of Topliss-reactive ketones (excluding diaryl/α,β-unsaturated/α-hetero) is 1. The Balaban J connectivity index is 2.03. The summed E-state index contributed by atoms with van der Waals surface area (Å²) in [5.41, 5.74) is 7.85. The summed E-state index contributed by atoms with van der Waals surface area (Å²) >= 11 is 0. The highest BCUT2D eigenvalue weighted by atomic mass is 19.2. The highest BCUT2D eigenvalue weighted by Crippen LogP contribution is 2.51. The molecule has 1 aromatic carbocycles. The summed E-state index contributed by atoms with van der Waals surface area (Å²) in [7, 11) is 0. The quantitative estimate of drug-likeness (QED) is 0.291. The molecular weight excluding hydrogens is 445 g/mol. The summed E-state index contributed by atoms with van der Waals surface area (Å²) in [5.74, 6) is -0.256. The number of fused-ring (bicyclic) bond motifs is 2. The number of rotatable bonds is 5. The Bertz CT molecular complexity index is 1280. The van der Waals surface area contributed by atoms with E-state index in [1.54, 1.807) is 12.1 Å². The van der Waals surface area contributed by atoms with Crippen LogP contribution in [0.25, 0.3) is 11.1 Å². The van der Waals surface area contributed by atoms with E-state index in [-0.39, 0.29) is 23.2 Å². The van der Waals surface area contributed by atoms with E-state index >= 15 is 8.63 Å². The van der Waals surface area contributed by atoms with Crippen molar-refractivity contribution in [3.05, 3.63) is 69.1 Å². The third kappa shape index (κ3) is 3.46. The number of benzene rings is 1. The van der Waals surface area contributed by atoms with Crippen molar-refractivity contribution in [2.24, 2.45) is 0 Å². The van der Waals surface area contributed by atoms with E-state index in [1.165, 1.54) is 23.1 Å². The topological polar surface area (TPSA) is 43.5 Å². The molecule has 7 heteroatoms. The molecule has 3 aliphatic heterocycles. The second-order valence-corrected chi connectivity index (χ2v) is 9.94. The van der Waals surface area contributed by atoms with E-state index in [0.29, 0.717) is 23.4 Å². The van der Waals surface area contributed by atoms with Gasteiger partial charge < -0.3 is 23.0 Å². The van der Waals surface area contributed by atoms with Crippen LogP contribution in [0.5, 0.6) is 0 Å². The first-order chi connectivity index (χ1) is 16.4. The van der Waals surface area contributed by atoms with Crippen LogP contribution in [0.4, 0.5) is 8.63 Å². The Morgan fingerprint density at radius 2 is 1.69 bits per heavy atom. The number of hydrogen-bond acceptors (Lipinski definition) is 3. The maximum absolute atomic E-state index is 16.4. The van der Waals surface area contributed by atoms with E-state index in [4.69, 9.17) is 0 Å². The zero-order valence-corrected chi connectivity index (χ0v) is 22.0. The van der Waals surface area contributed by atoms with Gasteiger partial charge in [0.15, 0.2) is 11.8 Å². The average Bonchev–Trinajstić information content (AvgIpc) is 3.19. The molecule has 0 saturated heterocycles. The number of hydrogen-bond donors (Lipinski definition) is 1. The largest absolute Gasteiger partial charge is 0.728 e. The van der Waals surface area contributed by atoms with E-state index in [9.17, 15) is 9.90 Å². The van der Waals surface area contributed by atoms with Gasteiger partial charge in [-0.05, 0) is 69.7 Å². The molecular formula is C28H35BF2N2O2. The first-order valence-corrected chi connectivity index (χ1v) is 12.5. The second-order valence-electron chi connectivity index (χ2n) is 9.94. The predicted molar refractivity (Wildman–Crippen MR) is 139 cm³/mol. The molecule has 2 unspecified atom stereocenters. The normalized spacial score (nSPS) is 24.3. The van der Waals surface area contributed by atoms with Crippen LogP contribution >= 0.6 is 0 Å². The molecule has 0 spiro atoms. The molecule has 2 atom stereocenters. The Morgan fingerprint density at radius 3 is 2.17 bits per heavy atom. The van der Waals surface area contributed by atoms with Crippen molar-refractivity contribution in [3.8, 4) is 0 Å². The number of ketones is 1. The fourth-order valence-corrected chi connectivity index (χ4v) is 6.70. The maximum atomic E-state index is 16.4. The Morgan fingerprint density at radius 1 is 1.09 bits per heavy atom. The number of aliphatic hydroxyl groups excluding tert-OH is 1. The Kier molecular flexibility index (Phi) is 6.19. The lowest BCUT2D eigenvalue weighted by Crippen LogP contribution is -2.63. The summed E-state index contributed by atoms with van der Waals surface area (Å²) in [4.78, 5) is 13.5. The first kappa shape index (κ1) is 25.1. The minimum atomic E-state index is -3.99. The van der Waals surface area contributed by atoms with Gasteiger partial charge in [-0.15, -0.1) is 0 Å². The molecule has 3 heterocycles. The molecule has 0 aromatic heterocycles. The van der Waals surface area contributed by atoms with Crippen LogP contribution in [-0.2, 0) is 4.79 Å². The van der Waals surface area contributed by atoms with Crippen LogP contribution in [0.15, 0.2) is 58.0 Å². The molecule has 0 saturated carbocycles. The van der Waals surface area contributed by atoms with Gasteiger partial charge in [-0.25, -0.2) is 0 Å². The lowest BCUT2D eigenvalue weighted by molar-refractivity contribution is -0.449. The number of aliphatic hydroxyl groups is 1. The zero-order valence-electron chi connectivity index (χ0n) is 22.0. The Hall–Kier alpha value is -2.96. The molecule has 0 radical (unpaired) electrons. The number of carbonyl (C=O) groups excluding carboxylic acids is 1. The van der Waals surface area contributed by atoms with Crippen molar-refractivity contribution in [2.75, 3.05) is 0 Å². The van der Waals surface area contributed by atoms with Gasteiger partial charge in [-0.3, -0.25) is 4.79 Å². The standard InChI is InChI=1S/C28H35BF2N2O2/c1-9-23-15(3)27-26(22-13-11-21(12-14-22)25(19(7)34)20(8)35)28-16(4)24(10-2)18(6)33(28)29(30,31)32(27)17(23)5/h11-14,17,28,34H,9-10H2,1-8H3/b25-19+. The van der Waals surface area contributed by atoms with Crippen molar-refractivity contribution in [2.45, 2.75) is 80.3 Å². The van der Waals surface area contributed by atoms with Crippen LogP contribution in [0.1, 0.15) is 79.4 Å². The van der Waals surface area contributed by atoms with Gasteiger partial charge >= 0.3 is 6.97 Å². The van der Waals surface area contributed by atoms with Crippen LogP contribution in [0.2, 0.25) is 0 Å². The Labute approximate surface area is 207 Å². The van der Waals surface area contributed by atoms with E-state index in [2.05, 4.69) is 0 Å². The monoisotopic (exact) mass is 480 g/mol. The molecule has 0 amide bonds. The van der Waals surface area contributed by atoms with Crippen LogP contribution in [0, 0.1) is 0 Å². The van der Waals surface area contributed by atoms with Crippen molar-refractivity contribution < 1.29 is 23.0 Å². The molecule has 0 fully saturated rings. The van der Waals surface area contributed by atoms with Crippen molar-refractivity contribution >= 4 is 29.6 Å². The van der Waals surface area contributed by atoms with Crippen LogP contribution < -0.4 is 0 Å². The predicted octanol–water partition coefficient (Wildman–Crippen LogP) is 6.68. The average molecular weight is 480 g/mol. The van der Waals surface area contributed by atoms with Crippen molar-refractivity contribution in [3.63, 3.8) is 0 Å². The minimum absolute atomic E-state index is 0.0343. The van der Waals surface area contributed by atoms with Crippen LogP contribution in [-0.4, -0.2) is 45.0 Å². The first-order valence-electron chi connectivity index (χ1n) is 12.5. The fraction of sp³-hybridized carbons (Fsp3) is 0.429. The summed E-state index contributed by atoms with van der Waals surface area (Å²) < 4.78 is 34.1. The molecule has 1 aromatic rings. The highest BCUT2D eigenvalue weighted by Gasteiger charge is 2.63. The lowest BCUT2D eigenvalue weighted by Gasteiger charge is -2.46. The number of nitrogens with zero attached hydrogens (tertiary/aromatic N) is 2. The SMILES string of the molecule is CCC1=C(C)C2C(c3ccc(/C(C(C)=O)=C(\C)O)cc3)=C3C(C)=C(CC)C(C)N3[B-](F)(F)[N+]2=C1C.